The molecule has 1 N–H and O–H groups in total. The number of carbonyl (C=O) groups excluding carboxylic acids is 2. The average molecular weight is 736 g/mol. The molecule has 1 atom stereocenters. The standard InChI is InChI=1S/C35H40Cl2N2O9S/c1-22-6-9-26(10-7-22)49(43,44)48-33(42)34(2,3)46-31-18-30(27(17-28(31)37)32(41)38(4)5)45-21-25(40)20-39-14-12-35(13-15-39)19-23-16-24(36)8-11-29(23)47-35/h6-11,16-18,25,40H,12-15,19-21H2,1-5H3/t25-/m1/s1. The zero-order valence-corrected chi connectivity index (χ0v) is 30.3. The maximum absolute atomic E-state index is 13.0. The van der Waals surface area contributed by atoms with Gasteiger partial charge in [-0.1, -0.05) is 40.9 Å². The molecular weight excluding hydrogens is 695 g/mol. The molecular formula is C35H40Cl2N2O9S. The summed E-state index contributed by atoms with van der Waals surface area (Å²) in [6, 6.07) is 14.2. The van der Waals surface area contributed by atoms with Crippen LogP contribution in [-0.2, 0) is 25.5 Å². The molecule has 3 aromatic rings. The summed E-state index contributed by atoms with van der Waals surface area (Å²) < 4.78 is 48.6. The maximum atomic E-state index is 13.0. The van der Waals surface area contributed by atoms with Crippen molar-refractivity contribution in [2.75, 3.05) is 40.3 Å². The monoisotopic (exact) mass is 734 g/mol. The highest BCUT2D eigenvalue weighted by atomic mass is 35.5. The van der Waals surface area contributed by atoms with Gasteiger partial charge in [-0.05, 0) is 62.7 Å². The van der Waals surface area contributed by atoms with Crippen LogP contribution in [-0.4, -0.2) is 92.8 Å². The van der Waals surface area contributed by atoms with Gasteiger partial charge in [-0.3, -0.25) is 4.79 Å². The molecule has 2 aliphatic heterocycles. The molecule has 2 heterocycles. The van der Waals surface area contributed by atoms with Crippen molar-refractivity contribution in [3.63, 3.8) is 0 Å². The number of hydrogen-bond acceptors (Lipinski definition) is 10. The minimum atomic E-state index is -4.43. The first-order valence-electron chi connectivity index (χ1n) is 15.8. The molecule has 11 nitrogen and oxygen atoms in total. The number of hydrogen-bond donors (Lipinski definition) is 1. The summed E-state index contributed by atoms with van der Waals surface area (Å²) in [5.41, 5.74) is -0.0570. The van der Waals surface area contributed by atoms with Crippen LogP contribution in [0, 0.1) is 6.92 Å². The van der Waals surface area contributed by atoms with Gasteiger partial charge in [0, 0.05) is 64.1 Å². The van der Waals surface area contributed by atoms with Crippen molar-refractivity contribution in [3.8, 4) is 17.2 Å². The Balaban J connectivity index is 1.23. The highest BCUT2D eigenvalue weighted by Crippen LogP contribution is 2.42. The van der Waals surface area contributed by atoms with E-state index in [1.807, 2.05) is 18.2 Å². The highest BCUT2D eigenvalue weighted by molar-refractivity contribution is 7.87. The van der Waals surface area contributed by atoms with Crippen molar-refractivity contribution in [3.05, 3.63) is 81.3 Å². The Labute approximate surface area is 296 Å². The lowest BCUT2D eigenvalue weighted by Crippen LogP contribution is -2.49. The fourth-order valence-electron chi connectivity index (χ4n) is 5.77. The minimum absolute atomic E-state index is 0.0267. The molecule has 1 fully saturated rings. The molecule has 49 heavy (non-hydrogen) atoms. The number of likely N-dealkylation sites (tertiary alicyclic amines) is 1. The van der Waals surface area contributed by atoms with E-state index in [1.165, 1.54) is 43.0 Å². The Morgan fingerprint density at radius 1 is 1.04 bits per heavy atom. The van der Waals surface area contributed by atoms with E-state index in [2.05, 4.69) is 4.90 Å². The van der Waals surface area contributed by atoms with Crippen LogP contribution in [0.5, 0.6) is 17.2 Å². The van der Waals surface area contributed by atoms with Crippen LogP contribution in [0.2, 0.25) is 10.0 Å². The minimum Gasteiger partial charge on any atom is -0.490 e. The number of aliphatic hydroxyl groups excluding tert-OH is 1. The van der Waals surface area contributed by atoms with Gasteiger partial charge < -0.3 is 33.3 Å². The second-order valence-corrected chi connectivity index (χ2v) is 15.6. The number of benzene rings is 3. The van der Waals surface area contributed by atoms with Crippen molar-refractivity contribution in [1.82, 2.24) is 9.80 Å². The fourth-order valence-corrected chi connectivity index (χ4v) is 7.13. The summed E-state index contributed by atoms with van der Waals surface area (Å²) in [5.74, 6) is -0.734. The van der Waals surface area contributed by atoms with Crippen LogP contribution < -0.4 is 14.2 Å². The van der Waals surface area contributed by atoms with E-state index in [0.717, 1.165) is 36.1 Å². The van der Waals surface area contributed by atoms with Crippen molar-refractivity contribution in [2.45, 2.75) is 62.2 Å². The van der Waals surface area contributed by atoms with Gasteiger partial charge in [0.05, 0.1) is 10.6 Å². The largest absolute Gasteiger partial charge is 0.490 e. The number of fused-ring (bicyclic) bond motifs is 1. The van der Waals surface area contributed by atoms with E-state index < -0.39 is 33.7 Å². The molecule has 264 valence electrons. The van der Waals surface area contributed by atoms with Gasteiger partial charge in [-0.15, -0.1) is 0 Å². The molecule has 0 radical (unpaired) electrons. The first-order valence-corrected chi connectivity index (χ1v) is 17.9. The van der Waals surface area contributed by atoms with Crippen molar-refractivity contribution < 1.29 is 41.5 Å². The topological polar surface area (TPSA) is 132 Å². The lowest BCUT2D eigenvalue weighted by molar-refractivity contribution is -0.148. The number of rotatable bonds is 11. The highest BCUT2D eigenvalue weighted by Gasteiger charge is 2.42. The van der Waals surface area contributed by atoms with Gasteiger partial charge in [-0.25, -0.2) is 4.79 Å². The predicted octanol–water partition coefficient (Wildman–Crippen LogP) is 5.30. The number of ether oxygens (including phenoxy) is 3. The number of β-amino-alcohol motifs (C(OH)–C–C–N with tert-alkyl or cyclic N) is 1. The van der Waals surface area contributed by atoms with Crippen molar-refractivity contribution >= 4 is 45.2 Å². The lowest BCUT2D eigenvalue weighted by atomic mass is 9.87. The lowest BCUT2D eigenvalue weighted by Gasteiger charge is -2.39. The van der Waals surface area contributed by atoms with E-state index in [1.54, 1.807) is 33.2 Å². The summed E-state index contributed by atoms with van der Waals surface area (Å²) in [6.45, 7) is 6.05. The molecule has 0 unspecified atom stereocenters. The smallest absolute Gasteiger partial charge is 0.365 e. The van der Waals surface area contributed by atoms with E-state index in [9.17, 15) is 23.1 Å². The molecule has 5 rings (SSSR count). The Morgan fingerprint density at radius 3 is 2.37 bits per heavy atom. The van der Waals surface area contributed by atoms with Crippen LogP contribution in [0.15, 0.2) is 59.5 Å². The van der Waals surface area contributed by atoms with E-state index >= 15 is 0 Å². The van der Waals surface area contributed by atoms with Gasteiger partial charge >= 0.3 is 16.1 Å². The van der Waals surface area contributed by atoms with Crippen molar-refractivity contribution in [2.24, 2.45) is 0 Å². The number of aryl methyl sites for hydroxylation is 1. The Bertz CT molecular complexity index is 1820. The second kappa shape index (κ2) is 14.4. The van der Waals surface area contributed by atoms with Crippen LogP contribution in [0.3, 0.4) is 0 Å². The quantitative estimate of drug-likeness (QED) is 0.259. The first kappa shape index (κ1) is 36.7. The molecule has 1 spiro atoms. The number of halogens is 2. The zero-order chi connectivity index (χ0) is 35.7. The normalized spacial score (nSPS) is 16.4. The van der Waals surface area contributed by atoms with Gasteiger partial charge in [-0.2, -0.15) is 8.42 Å². The second-order valence-electron chi connectivity index (χ2n) is 13.2. The average Bonchev–Trinajstić information content (AvgIpc) is 3.38. The van der Waals surface area contributed by atoms with Crippen molar-refractivity contribution in [1.29, 1.82) is 0 Å². The number of piperidine rings is 1. The SMILES string of the molecule is Cc1ccc(S(=O)(=O)OC(=O)C(C)(C)Oc2cc(OC[C@H](O)CN3CCC4(CC3)Cc3cc(Cl)ccc3O4)c(C(=O)N(C)C)cc2Cl)cc1. The summed E-state index contributed by atoms with van der Waals surface area (Å²) in [6.07, 6.45) is 1.46. The van der Waals surface area contributed by atoms with Crippen LogP contribution >= 0.6 is 23.2 Å². The van der Waals surface area contributed by atoms with Crippen LogP contribution in [0.25, 0.3) is 0 Å². The Hall–Kier alpha value is -3.55. The third kappa shape index (κ3) is 8.61. The van der Waals surface area contributed by atoms with Crippen LogP contribution in [0.1, 0.15) is 48.2 Å². The molecule has 1 saturated heterocycles. The summed E-state index contributed by atoms with van der Waals surface area (Å²) in [4.78, 5) is 29.4. The van der Waals surface area contributed by atoms with E-state index in [4.69, 9.17) is 41.6 Å². The summed E-state index contributed by atoms with van der Waals surface area (Å²) in [5, 5.41) is 11.6. The molecule has 14 heteroatoms. The molecule has 2 aliphatic rings. The molecule has 3 aromatic carbocycles. The summed E-state index contributed by atoms with van der Waals surface area (Å²) in [7, 11) is -1.30. The molecule has 0 saturated carbocycles. The summed E-state index contributed by atoms with van der Waals surface area (Å²) >= 11 is 12.7. The number of aliphatic hydroxyl groups is 1. The number of carbonyl (C=O) groups is 2. The van der Waals surface area contributed by atoms with Gasteiger partial charge in [0.25, 0.3) is 5.91 Å². The van der Waals surface area contributed by atoms with Gasteiger partial charge in [0.15, 0.2) is 0 Å². The fraction of sp³-hybridized carbons (Fsp3) is 0.429. The van der Waals surface area contributed by atoms with Gasteiger partial charge in [0.1, 0.15) is 40.5 Å². The first-order chi connectivity index (χ1) is 23.0. The Morgan fingerprint density at radius 2 is 1.71 bits per heavy atom. The van der Waals surface area contributed by atoms with E-state index in [0.29, 0.717) is 24.7 Å². The predicted molar refractivity (Wildman–Crippen MR) is 184 cm³/mol. The van der Waals surface area contributed by atoms with E-state index in [-0.39, 0.29) is 39.2 Å². The maximum Gasteiger partial charge on any atom is 0.365 e. The van der Waals surface area contributed by atoms with Gasteiger partial charge in [0.2, 0.25) is 5.60 Å². The molecule has 0 aliphatic carbocycles. The van der Waals surface area contributed by atoms with Crippen LogP contribution in [0.4, 0.5) is 0 Å². The molecule has 0 aromatic heterocycles. The Kier molecular flexibility index (Phi) is 10.8. The number of amides is 1. The number of nitrogens with zero attached hydrogens (tertiary/aromatic N) is 2. The zero-order valence-electron chi connectivity index (χ0n) is 28.0. The molecule has 0 bridgehead atoms. The third-order valence-corrected chi connectivity index (χ3v) is 10.3. The molecule has 1 amide bonds. The third-order valence-electron chi connectivity index (χ3n) is 8.55.